The molecule has 0 aliphatic carbocycles. The number of nitrogens with zero attached hydrogens (tertiary/aromatic N) is 3. The Bertz CT molecular complexity index is 880. The number of methoxy groups -OCH3 is 1. The minimum atomic E-state index is -0.533. The molecule has 7 heteroatoms. The summed E-state index contributed by atoms with van der Waals surface area (Å²) in [4.78, 5) is 11.9. The lowest BCUT2D eigenvalue weighted by atomic mass is 10.1. The lowest BCUT2D eigenvalue weighted by Crippen LogP contribution is -2.19. The van der Waals surface area contributed by atoms with Gasteiger partial charge < -0.3 is 15.0 Å². The molecule has 25 heavy (non-hydrogen) atoms. The van der Waals surface area contributed by atoms with Gasteiger partial charge in [0.15, 0.2) is 11.0 Å². The van der Waals surface area contributed by atoms with Crippen LogP contribution in [0.3, 0.4) is 0 Å². The van der Waals surface area contributed by atoms with Gasteiger partial charge in [0.1, 0.15) is 11.0 Å². The van der Waals surface area contributed by atoms with Gasteiger partial charge in [0.2, 0.25) is 5.91 Å². The van der Waals surface area contributed by atoms with E-state index in [2.05, 4.69) is 10.2 Å². The zero-order chi connectivity index (χ0) is 17.8. The van der Waals surface area contributed by atoms with Crippen molar-refractivity contribution in [3.05, 3.63) is 60.2 Å². The van der Waals surface area contributed by atoms with E-state index in [9.17, 15) is 4.79 Å². The highest BCUT2D eigenvalue weighted by molar-refractivity contribution is 8.00. The summed E-state index contributed by atoms with van der Waals surface area (Å²) in [6.07, 6.45) is 0. The molecule has 0 aliphatic heterocycles. The van der Waals surface area contributed by atoms with Crippen LogP contribution >= 0.6 is 11.8 Å². The van der Waals surface area contributed by atoms with Crippen LogP contribution in [0.5, 0.6) is 5.75 Å². The van der Waals surface area contributed by atoms with Gasteiger partial charge in [-0.3, -0.25) is 4.79 Å². The summed E-state index contributed by atoms with van der Waals surface area (Å²) in [5, 5.41) is 8.56. The molecule has 0 fully saturated rings. The molecule has 128 valence electrons. The van der Waals surface area contributed by atoms with E-state index in [0.29, 0.717) is 16.7 Å². The monoisotopic (exact) mass is 354 g/mol. The number of amides is 1. The summed E-state index contributed by atoms with van der Waals surface area (Å²) in [5.41, 5.74) is 7.26. The van der Waals surface area contributed by atoms with Crippen LogP contribution in [0.2, 0.25) is 0 Å². The molecule has 0 saturated carbocycles. The minimum Gasteiger partial charge on any atom is -0.496 e. The van der Waals surface area contributed by atoms with Gasteiger partial charge in [-0.1, -0.05) is 54.2 Å². The van der Waals surface area contributed by atoms with Crippen LogP contribution in [-0.4, -0.2) is 27.8 Å². The average molecular weight is 354 g/mol. The number of ether oxygens (including phenoxy) is 1. The molecular formula is C18H18N4O2S. The van der Waals surface area contributed by atoms with E-state index in [1.807, 2.05) is 66.2 Å². The van der Waals surface area contributed by atoms with Gasteiger partial charge in [0, 0.05) is 7.05 Å². The third-order valence-electron chi connectivity index (χ3n) is 3.77. The molecular weight excluding hydrogens is 336 g/mol. The molecule has 2 N–H and O–H groups in total. The van der Waals surface area contributed by atoms with Crippen LogP contribution < -0.4 is 10.5 Å². The molecule has 1 aromatic heterocycles. The number of aromatic nitrogens is 3. The largest absolute Gasteiger partial charge is 0.496 e. The van der Waals surface area contributed by atoms with E-state index in [1.54, 1.807) is 7.11 Å². The predicted molar refractivity (Wildman–Crippen MR) is 97.2 cm³/mol. The number of para-hydroxylation sites is 1. The van der Waals surface area contributed by atoms with Gasteiger partial charge >= 0.3 is 0 Å². The Morgan fingerprint density at radius 1 is 1.12 bits per heavy atom. The van der Waals surface area contributed by atoms with E-state index < -0.39 is 11.2 Å². The highest BCUT2D eigenvalue weighted by atomic mass is 32.2. The molecule has 6 nitrogen and oxygen atoms in total. The Hall–Kier alpha value is -2.80. The van der Waals surface area contributed by atoms with Crippen molar-refractivity contribution in [2.24, 2.45) is 12.8 Å². The van der Waals surface area contributed by atoms with Crippen molar-refractivity contribution in [1.29, 1.82) is 0 Å². The number of carbonyl (C=O) groups is 1. The van der Waals surface area contributed by atoms with Crippen LogP contribution in [0.25, 0.3) is 11.4 Å². The molecule has 1 amide bonds. The number of hydrogen-bond acceptors (Lipinski definition) is 5. The number of hydrogen-bond donors (Lipinski definition) is 1. The SMILES string of the molecule is COc1ccccc1-c1nnc(S[C@H](C(N)=O)c2ccccc2)n1C. The number of primary amides is 1. The van der Waals surface area contributed by atoms with Crippen LogP contribution in [0.15, 0.2) is 59.8 Å². The standard InChI is InChI=1S/C18H18N4O2S/c1-22-17(13-10-6-7-11-14(13)24-2)20-21-18(22)25-15(16(19)23)12-8-4-3-5-9-12/h3-11,15H,1-2H3,(H2,19,23)/t15-/m0/s1. The quantitative estimate of drug-likeness (QED) is 0.688. The predicted octanol–water partition coefficient (Wildman–Crippen LogP) is 2.81. The third-order valence-corrected chi connectivity index (χ3v) is 5.07. The summed E-state index contributed by atoms with van der Waals surface area (Å²) >= 11 is 1.28. The van der Waals surface area contributed by atoms with Crippen LogP contribution in [0, 0.1) is 0 Å². The zero-order valence-corrected chi connectivity index (χ0v) is 14.7. The molecule has 3 rings (SSSR count). The van der Waals surface area contributed by atoms with E-state index in [-0.39, 0.29) is 0 Å². The normalized spacial score (nSPS) is 11.9. The highest BCUT2D eigenvalue weighted by Gasteiger charge is 2.23. The van der Waals surface area contributed by atoms with E-state index in [0.717, 1.165) is 11.1 Å². The zero-order valence-electron chi connectivity index (χ0n) is 13.9. The maximum atomic E-state index is 11.9. The van der Waals surface area contributed by atoms with Crippen molar-refractivity contribution in [2.75, 3.05) is 7.11 Å². The summed E-state index contributed by atoms with van der Waals surface area (Å²) in [6.45, 7) is 0. The fraction of sp³-hybridized carbons (Fsp3) is 0.167. The molecule has 0 aliphatic rings. The number of benzene rings is 2. The van der Waals surface area contributed by atoms with Gasteiger partial charge in [-0.05, 0) is 17.7 Å². The Balaban J connectivity index is 1.94. The fourth-order valence-electron chi connectivity index (χ4n) is 2.51. The summed E-state index contributed by atoms with van der Waals surface area (Å²) < 4.78 is 7.23. The highest BCUT2D eigenvalue weighted by Crippen LogP contribution is 2.36. The summed E-state index contributed by atoms with van der Waals surface area (Å²) in [6, 6.07) is 17.0. The first kappa shape index (κ1) is 17.0. The molecule has 1 heterocycles. The number of thioether (sulfide) groups is 1. The van der Waals surface area contributed by atoms with Gasteiger partial charge in [0.05, 0.1) is 12.7 Å². The second-order valence-electron chi connectivity index (χ2n) is 5.38. The smallest absolute Gasteiger partial charge is 0.235 e. The maximum Gasteiger partial charge on any atom is 0.235 e. The van der Waals surface area contributed by atoms with Crippen molar-refractivity contribution in [2.45, 2.75) is 10.4 Å². The second-order valence-corrected chi connectivity index (χ2v) is 6.45. The number of carbonyl (C=O) groups excluding carboxylic acids is 1. The minimum absolute atomic E-state index is 0.418. The average Bonchev–Trinajstić information content (AvgIpc) is 3.00. The van der Waals surface area contributed by atoms with Crippen molar-refractivity contribution >= 4 is 17.7 Å². The summed E-state index contributed by atoms with van der Waals surface area (Å²) in [5.74, 6) is 0.957. The fourth-order valence-corrected chi connectivity index (χ4v) is 3.46. The second kappa shape index (κ2) is 7.40. The van der Waals surface area contributed by atoms with Crippen molar-refractivity contribution < 1.29 is 9.53 Å². The summed E-state index contributed by atoms with van der Waals surface area (Å²) in [7, 11) is 3.47. The van der Waals surface area contributed by atoms with Crippen molar-refractivity contribution in [3.63, 3.8) is 0 Å². The first-order valence-electron chi connectivity index (χ1n) is 7.65. The van der Waals surface area contributed by atoms with E-state index >= 15 is 0 Å². The topological polar surface area (TPSA) is 83.0 Å². The first-order chi connectivity index (χ1) is 12.1. The van der Waals surface area contributed by atoms with Crippen LogP contribution in [-0.2, 0) is 11.8 Å². The van der Waals surface area contributed by atoms with Gasteiger partial charge in [-0.2, -0.15) is 0 Å². The molecule has 0 radical (unpaired) electrons. The molecule has 3 aromatic rings. The Morgan fingerprint density at radius 3 is 2.48 bits per heavy atom. The van der Waals surface area contributed by atoms with Gasteiger partial charge in [-0.15, -0.1) is 10.2 Å². The lowest BCUT2D eigenvalue weighted by Gasteiger charge is -2.13. The Morgan fingerprint density at radius 2 is 1.80 bits per heavy atom. The lowest BCUT2D eigenvalue weighted by molar-refractivity contribution is -0.117. The molecule has 0 bridgehead atoms. The van der Waals surface area contributed by atoms with Crippen molar-refractivity contribution in [3.8, 4) is 17.1 Å². The van der Waals surface area contributed by atoms with Crippen LogP contribution in [0.1, 0.15) is 10.8 Å². The Labute approximate surface area is 150 Å². The van der Waals surface area contributed by atoms with Gasteiger partial charge in [-0.25, -0.2) is 0 Å². The van der Waals surface area contributed by atoms with Gasteiger partial charge in [0.25, 0.3) is 0 Å². The molecule has 0 unspecified atom stereocenters. The Kier molecular flexibility index (Phi) is 5.04. The van der Waals surface area contributed by atoms with E-state index in [4.69, 9.17) is 10.5 Å². The molecule has 1 atom stereocenters. The molecule has 0 saturated heterocycles. The molecule has 0 spiro atoms. The first-order valence-corrected chi connectivity index (χ1v) is 8.53. The maximum absolute atomic E-state index is 11.9. The number of rotatable bonds is 6. The number of nitrogens with two attached hydrogens (primary N) is 1. The van der Waals surface area contributed by atoms with E-state index in [1.165, 1.54) is 11.8 Å². The van der Waals surface area contributed by atoms with Crippen LogP contribution in [0.4, 0.5) is 0 Å². The third kappa shape index (κ3) is 3.51. The molecule has 2 aromatic carbocycles. The van der Waals surface area contributed by atoms with Crippen molar-refractivity contribution in [1.82, 2.24) is 14.8 Å².